The molecule has 0 bridgehead atoms. The van der Waals surface area contributed by atoms with Gasteiger partial charge in [0.1, 0.15) is 5.76 Å². The quantitative estimate of drug-likeness (QED) is 0.677. The van der Waals surface area contributed by atoms with Gasteiger partial charge in [0.05, 0.1) is 11.9 Å². The maximum atomic E-state index is 11.6. The molecule has 1 unspecified atom stereocenters. The molecular weight excluding hydrogens is 209 g/mol. The predicted molar refractivity (Wildman–Crippen MR) is 39.8 cm³/mol. The SMILES string of the molecule is O=P(OF)(OCl)OC1=CCCC1. The summed E-state index contributed by atoms with van der Waals surface area (Å²) < 4.78 is 33.7. The number of allylic oxidation sites excluding steroid dienone is 2. The van der Waals surface area contributed by atoms with Gasteiger partial charge in [0.15, 0.2) is 0 Å². The third-order valence-electron chi connectivity index (χ3n) is 1.40. The van der Waals surface area contributed by atoms with Crippen molar-refractivity contribution >= 4 is 19.7 Å². The second kappa shape index (κ2) is 4.23. The zero-order valence-electron chi connectivity index (χ0n) is 6.03. The Bertz CT molecular complexity index is 223. The van der Waals surface area contributed by atoms with E-state index in [0.717, 1.165) is 12.8 Å². The molecular formula is C5H7ClFO4P. The fraction of sp³-hybridized carbons (Fsp3) is 0.600. The smallest absolute Gasteiger partial charge is 0.406 e. The lowest BCUT2D eigenvalue weighted by Crippen LogP contribution is -1.89. The van der Waals surface area contributed by atoms with Gasteiger partial charge in [-0.1, -0.05) is 4.73 Å². The van der Waals surface area contributed by atoms with E-state index in [9.17, 15) is 9.09 Å². The highest BCUT2D eigenvalue weighted by Gasteiger charge is 2.31. The van der Waals surface area contributed by atoms with Gasteiger partial charge < -0.3 is 4.52 Å². The highest BCUT2D eigenvalue weighted by molar-refractivity contribution is 7.49. The summed E-state index contributed by atoms with van der Waals surface area (Å²) in [6.07, 6.45) is 3.96. The molecule has 1 atom stereocenters. The van der Waals surface area contributed by atoms with E-state index in [4.69, 9.17) is 11.9 Å². The van der Waals surface area contributed by atoms with E-state index >= 15 is 0 Å². The van der Waals surface area contributed by atoms with Crippen LogP contribution in [0.2, 0.25) is 0 Å². The molecule has 1 aliphatic rings. The fourth-order valence-corrected chi connectivity index (χ4v) is 1.59. The van der Waals surface area contributed by atoms with Crippen molar-refractivity contribution in [2.45, 2.75) is 19.3 Å². The van der Waals surface area contributed by atoms with Gasteiger partial charge in [-0.05, 0) is 23.4 Å². The molecule has 0 aliphatic heterocycles. The first-order chi connectivity index (χ1) is 5.70. The third kappa shape index (κ3) is 2.45. The number of hydrogen-bond donors (Lipinski definition) is 0. The van der Waals surface area contributed by atoms with Crippen molar-refractivity contribution in [2.75, 3.05) is 0 Å². The van der Waals surface area contributed by atoms with E-state index in [0.29, 0.717) is 12.2 Å². The molecule has 7 heteroatoms. The van der Waals surface area contributed by atoms with Crippen molar-refractivity contribution in [1.29, 1.82) is 0 Å². The fourth-order valence-electron chi connectivity index (χ4n) is 0.907. The second-order valence-electron chi connectivity index (χ2n) is 2.24. The predicted octanol–water partition coefficient (Wildman–Crippen LogP) is 3.25. The second-order valence-corrected chi connectivity index (χ2v) is 4.01. The van der Waals surface area contributed by atoms with E-state index in [2.05, 4.69) is 13.3 Å². The van der Waals surface area contributed by atoms with Crippen molar-refractivity contribution in [3.63, 3.8) is 0 Å². The van der Waals surface area contributed by atoms with Crippen LogP contribution in [-0.4, -0.2) is 0 Å². The Hall–Kier alpha value is -0.0900. The van der Waals surface area contributed by atoms with Crippen LogP contribution in [0.5, 0.6) is 0 Å². The van der Waals surface area contributed by atoms with Crippen LogP contribution in [0.15, 0.2) is 11.8 Å². The minimum Gasteiger partial charge on any atom is -0.406 e. The minimum absolute atomic E-state index is 0.386. The molecule has 1 aliphatic carbocycles. The molecule has 0 amide bonds. The summed E-state index contributed by atoms with van der Waals surface area (Å²) in [7, 11) is -4.20. The molecule has 4 nitrogen and oxygen atoms in total. The van der Waals surface area contributed by atoms with E-state index in [1.165, 1.54) is 0 Å². The monoisotopic (exact) mass is 216 g/mol. The molecule has 0 N–H and O–H groups in total. The van der Waals surface area contributed by atoms with Gasteiger partial charge in [0.25, 0.3) is 0 Å². The highest BCUT2D eigenvalue weighted by atomic mass is 35.5. The molecule has 0 aromatic carbocycles. The maximum absolute atomic E-state index is 11.6. The maximum Gasteiger partial charge on any atom is 0.578 e. The average Bonchev–Trinajstić information content (AvgIpc) is 2.57. The molecule has 0 aromatic heterocycles. The standard InChI is InChI=1S/C5H7ClFO4P/c6-10-12(8,11-7)9-5-3-1-2-4-5/h3H,1-2,4H2. The van der Waals surface area contributed by atoms with Gasteiger partial charge >= 0.3 is 7.82 Å². The number of halogens is 2. The van der Waals surface area contributed by atoms with Crippen molar-refractivity contribution in [1.82, 2.24) is 0 Å². The molecule has 12 heavy (non-hydrogen) atoms. The summed E-state index contributed by atoms with van der Waals surface area (Å²) in [5.41, 5.74) is 0. The lowest BCUT2D eigenvalue weighted by atomic mass is 10.4. The molecule has 1 rings (SSSR count). The largest absolute Gasteiger partial charge is 0.578 e. The summed E-state index contributed by atoms with van der Waals surface area (Å²) in [4.78, 5) is 0. The topological polar surface area (TPSA) is 44.8 Å². The molecule has 0 saturated carbocycles. The average molecular weight is 217 g/mol. The summed E-state index contributed by atoms with van der Waals surface area (Å²) in [6.45, 7) is 0. The highest BCUT2D eigenvalue weighted by Crippen LogP contribution is 2.53. The van der Waals surface area contributed by atoms with Crippen molar-refractivity contribution < 1.29 is 22.4 Å². The molecule has 0 spiro atoms. The molecule has 0 saturated heterocycles. The normalized spacial score (nSPS) is 21.7. The van der Waals surface area contributed by atoms with Gasteiger partial charge in [-0.2, -0.15) is 4.08 Å². The molecule has 70 valence electrons. The van der Waals surface area contributed by atoms with Gasteiger partial charge in [-0.25, -0.2) is 4.57 Å². The van der Waals surface area contributed by atoms with Crippen molar-refractivity contribution in [3.8, 4) is 0 Å². The molecule has 0 fully saturated rings. The van der Waals surface area contributed by atoms with Crippen LogP contribution in [0.1, 0.15) is 19.3 Å². The lowest BCUT2D eigenvalue weighted by Gasteiger charge is -2.09. The van der Waals surface area contributed by atoms with E-state index < -0.39 is 7.82 Å². The summed E-state index contributed by atoms with van der Waals surface area (Å²) in [6, 6.07) is 0. The molecule has 0 radical (unpaired) electrons. The third-order valence-corrected chi connectivity index (χ3v) is 2.70. The Morgan fingerprint density at radius 3 is 2.83 bits per heavy atom. The van der Waals surface area contributed by atoms with Crippen LogP contribution < -0.4 is 0 Å². The van der Waals surface area contributed by atoms with Crippen molar-refractivity contribution in [3.05, 3.63) is 11.8 Å². The Balaban J connectivity index is 2.53. The first-order valence-corrected chi connectivity index (χ1v) is 5.06. The van der Waals surface area contributed by atoms with Gasteiger partial charge in [-0.15, -0.1) is 0 Å². The van der Waals surface area contributed by atoms with Crippen LogP contribution in [-0.2, 0) is 17.9 Å². The molecule has 0 aromatic rings. The van der Waals surface area contributed by atoms with E-state index in [1.54, 1.807) is 6.08 Å². The van der Waals surface area contributed by atoms with Crippen LogP contribution in [0, 0.1) is 0 Å². The minimum atomic E-state index is -4.20. The number of hydrogen-bond acceptors (Lipinski definition) is 4. The Morgan fingerprint density at radius 1 is 1.67 bits per heavy atom. The van der Waals surface area contributed by atoms with E-state index in [-0.39, 0.29) is 0 Å². The van der Waals surface area contributed by atoms with Gasteiger partial charge in [0, 0.05) is 6.42 Å². The Kier molecular flexibility index (Phi) is 3.53. The summed E-state index contributed by atoms with van der Waals surface area (Å²) in [5, 5.41) is 0. The number of rotatable bonds is 4. The van der Waals surface area contributed by atoms with Crippen LogP contribution in [0.4, 0.5) is 4.53 Å². The Morgan fingerprint density at radius 2 is 2.42 bits per heavy atom. The lowest BCUT2D eigenvalue weighted by molar-refractivity contribution is -0.0391. The zero-order valence-corrected chi connectivity index (χ0v) is 7.69. The van der Waals surface area contributed by atoms with Crippen molar-refractivity contribution in [2.24, 2.45) is 0 Å². The van der Waals surface area contributed by atoms with Gasteiger partial charge in [0.2, 0.25) is 0 Å². The first kappa shape index (κ1) is 9.99. The van der Waals surface area contributed by atoms with Crippen LogP contribution >= 0.6 is 19.7 Å². The summed E-state index contributed by atoms with van der Waals surface area (Å²) in [5.74, 6) is 0.386. The van der Waals surface area contributed by atoms with Crippen LogP contribution in [0.25, 0.3) is 0 Å². The Labute approximate surface area is 73.9 Å². The number of phosphoric acid groups is 1. The van der Waals surface area contributed by atoms with Gasteiger partial charge in [-0.3, -0.25) is 0 Å². The first-order valence-electron chi connectivity index (χ1n) is 3.29. The zero-order chi connectivity index (χ0) is 9.03. The van der Waals surface area contributed by atoms with Crippen LogP contribution in [0.3, 0.4) is 0 Å². The molecule has 0 heterocycles. The summed E-state index contributed by atoms with van der Waals surface area (Å²) >= 11 is 4.71. The van der Waals surface area contributed by atoms with E-state index in [1.807, 2.05) is 0 Å².